The van der Waals surface area contributed by atoms with E-state index in [1.165, 1.54) is 12.1 Å². The van der Waals surface area contributed by atoms with Crippen molar-refractivity contribution in [2.45, 2.75) is 13.5 Å². The molecule has 0 bridgehead atoms. The summed E-state index contributed by atoms with van der Waals surface area (Å²) in [6, 6.07) is 4.44. The SMILES string of the molecule is CCn1ccnc1-c1ccc(O)c(C(=O)O)c1. The predicted molar refractivity (Wildman–Crippen MR) is 62.0 cm³/mol. The van der Waals surface area contributed by atoms with E-state index in [9.17, 15) is 9.90 Å². The van der Waals surface area contributed by atoms with Crippen LogP contribution in [0, 0.1) is 0 Å². The van der Waals surface area contributed by atoms with Gasteiger partial charge in [-0.05, 0) is 25.1 Å². The molecule has 2 rings (SSSR count). The Morgan fingerprint density at radius 3 is 2.88 bits per heavy atom. The second-order valence-electron chi connectivity index (χ2n) is 3.57. The Morgan fingerprint density at radius 1 is 1.47 bits per heavy atom. The number of carboxylic acid groups (broad SMARTS) is 1. The molecule has 0 radical (unpaired) electrons. The van der Waals surface area contributed by atoms with Gasteiger partial charge in [0.15, 0.2) is 0 Å². The van der Waals surface area contributed by atoms with E-state index in [4.69, 9.17) is 5.11 Å². The lowest BCUT2D eigenvalue weighted by Crippen LogP contribution is -2.00. The number of aromatic carboxylic acids is 1. The lowest BCUT2D eigenvalue weighted by atomic mass is 10.1. The number of phenols is 1. The van der Waals surface area contributed by atoms with E-state index in [2.05, 4.69) is 4.98 Å². The minimum Gasteiger partial charge on any atom is -0.507 e. The van der Waals surface area contributed by atoms with Crippen LogP contribution in [0.1, 0.15) is 17.3 Å². The van der Waals surface area contributed by atoms with Crippen molar-refractivity contribution in [2.75, 3.05) is 0 Å². The van der Waals surface area contributed by atoms with Crippen LogP contribution in [-0.2, 0) is 6.54 Å². The van der Waals surface area contributed by atoms with Crippen LogP contribution in [0.3, 0.4) is 0 Å². The van der Waals surface area contributed by atoms with Gasteiger partial charge in [-0.15, -0.1) is 0 Å². The molecule has 88 valence electrons. The lowest BCUT2D eigenvalue weighted by molar-refractivity contribution is 0.0694. The molecule has 0 fully saturated rings. The zero-order valence-corrected chi connectivity index (χ0v) is 9.29. The summed E-state index contributed by atoms with van der Waals surface area (Å²) in [4.78, 5) is 15.1. The first-order chi connectivity index (χ1) is 8.13. The molecule has 0 aliphatic rings. The fourth-order valence-corrected chi connectivity index (χ4v) is 1.67. The Kier molecular flexibility index (Phi) is 2.82. The summed E-state index contributed by atoms with van der Waals surface area (Å²) in [6.45, 7) is 2.72. The van der Waals surface area contributed by atoms with E-state index in [0.29, 0.717) is 11.4 Å². The number of aryl methyl sites for hydroxylation is 1. The van der Waals surface area contributed by atoms with E-state index in [-0.39, 0.29) is 11.3 Å². The number of imidazole rings is 1. The van der Waals surface area contributed by atoms with Crippen molar-refractivity contribution in [1.82, 2.24) is 9.55 Å². The molecule has 2 aromatic rings. The van der Waals surface area contributed by atoms with Crippen molar-refractivity contribution in [3.8, 4) is 17.1 Å². The van der Waals surface area contributed by atoms with Gasteiger partial charge in [0.1, 0.15) is 17.1 Å². The number of nitrogens with zero attached hydrogens (tertiary/aromatic N) is 2. The number of carbonyl (C=O) groups is 1. The number of rotatable bonds is 3. The van der Waals surface area contributed by atoms with Crippen LogP contribution in [0.15, 0.2) is 30.6 Å². The first-order valence-corrected chi connectivity index (χ1v) is 5.21. The summed E-state index contributed by atoms with van der Waals surface area (Å²) in [5.74, 6) is -0.704. The van der Waals surface area contributed by atoms with Crippen molar-refractivity contribution < 1.29 is 15.0 Å². The Hall–Kier alpha value is -2.30. The molecule has 0 aliphatic heterocycles. The molecule has 0 saturated carbocycles. The summed E-state index contributed by atoms with van der Waals surface area (Å²) >= 11 is 0. The maximum absolute atomic E-state index is 10.9. The molecule has 0 spiro atoms. The molecular weight excluding hydrogens is 220 g/mol. The summed E-state index contributed by atoms with van der Waals surface area (Å²) in [6.07, 6.45) is 3.48. The van der Waals surface area contributed by atoms with Crippen LogP contribution in [-0.4, -0.2) is 25.7 Å². The molecule has 0 atom stereocenters. The zero-order chi connectivity index (χ0) is 12.4. The van der Waals surface area contributed by atoms with Gasteiger partial charge in [-0.3, -0.25) is 0 Å². The standard InChI is InChI=1S/C12H12N2O3/c1-2-14-6-5-13-11(14)8-3-4-10(15)9(7-8)12(16)17/h3-7,15H,2H2,1H3,(H,16,17). The van der Waals surface area contributed by atoms with Gasteiger partial charge in [0.25, 0.3) is 0 Å². The summed E-state index contributed by atoms with van der Waals surface area (Å²) in [7, 11) is 0. The molecule has 1 aromatic heterocycles. The van der Waals surface area contributed by atoms with Crippen molar-refractivity contribution >= 4 is 5.97 Å². The highest BCUT2D eigenvalue weighted by Crippen LogP contribution is 2.24. The molecular formula is C12H12N2O3. The predicted octanol–water partition coefficient (Wildman–Crippen LogP) is 1.97. The third-order valence-corrected chi connectivity index (χ3v) is 2.54. The van der Waals surface area contributed by atoms with Crippen LogP contribution >= 0.6 is 0 Å². The van der Waals surface area contributed by atoms with Crippen molar-refractivity contribution in [1.29, 1.82) is 0 Å². The largest absolute Gasteiger partial charge is 0.507 e. The zero-order valence-electron chi connectivity index (χ0n) is 9.29. The fraction of sp³-hybridized carbons (Fsp3) is 0.167. The molecule has 0 saturated heterocycles. The normalized spacial score (nSPS) is 10.4. The average molecular weight is 232 g/mol. The Labute approximate surface area is 98.0 Å². The van der Waals surface area contributed by atoms with Crippen LogP contribution in [0.25, 0.3) is 11.4 Å². The second kappa shape index (κ2) is 4.29. The van der Waals surface area contributed by atoms with Crippen molar-refractivity contribution in [2.24, 2.45) is 0 Å². The maximum atomic E-state index is 10.9. The number of benzene rings is 1. The summed E-state index contributed by atoms with van der Waals surface area (Å²) < 4.78 is 1.90. The van der Waals surface area contributed by atoms with Gasteiger partial charge in [0, 0.05) is 24.5 Å². The summed E-state index contributed by atoms with van der Waals surface area (Å²) in [5, 5.41) is 18.3. The first kappa shape index (κ1) is 11.2. The van der Waals surface area contributed by atoms with Gasteiger partial charge >= 0.3 is 5.97 Å². The smallest absolute Gasteiger partial charge is 0.339 e. The number of hydrogen-bond donors (Lipinski definition) is 2. The van der Waals surface area contributed by atoms with Crippen LogP contribution in [0.2, 0.25) is 0 Å². The third kappa shape index (κ3) is 1.99. The topological polar surface area (TPSA) is 75.3 Å². The second-order valence-corrected chi connectivity index (χ2v) is 3.57. The minimum atomic E-state index is -1.15. The minimum absolute atomic E-state index is 0.117. The van der Waals surface area contributed by atoms with Gasteiger partial charge in [0.05, 0.1) is 0 Å². The monoisotopic (exact) mass is 232 g/mol. The number of hydrogen-bond acceptors (Lipinski definition) is 3. The van der Waals surface area contributed by atoms with Gasteiger partial charge < -0.3 is 14.8 Å². The van der Waals surface area contributed by atoms with Crippen LogP contribution in [0.4, 0.5) is 0 Å². The Morgan fingerprint density at radius 2 is 2.24 bits per heavy atom. The molecule has 1 aromatic carbocycles. The highest BCUT2D eigenvalue weighted by atomic mass is 16.4. The first-order valence-electron chi connectivity index (χ1n) is 5.21. The highest BCUT2D eigenvalue weighted by molar-refractivity contribution is 5.92. The highest BCUT2D eigenvalue weighted by Gasteiger charge is 2.13. The Bertz CT molecular complexity index is 561. The van der Waals surface area contributed by atoms with Crippen molar-refractivity contribution in [3.63, 3.8) is 0 Å². The van der Waals surface area contributed by atoms with E-state index in [1.807, 2.05) is 17.7 Å². The number of aromatic hydroxyl groups is 1. The van der Waals surface area contributed by atoms with Crippen LogP contribution in [0.5, 0.6) is 5.75 Å². The van der Waals surface area contributed by atoms with E-state index in [1.54, 1.807) is 12.3 Å². The quantitative estimate of drug-likeness (QED) is 0.848. The van der Waals surface area contributed by atoms with Crippen LogP contribution < -0.4 is 0 Å². The molecule has 0 aliphatic carbocycles. The van der Waals surface area contributed by atoms with E-state index >= 15 is 0 Å². The maximum Gasteiger partial charge on any atom is 0.339 e. The average Bonchev–Trinajstić information content (AvgIpc) is 2.77. The van der Waals surface area contributed by atoms with Gasteiger partial charge in [-0.2, -0.15) is 0 Å². The molecule has 2 N–H and O–H groups in total. The van der Waals surface area contributed by atoms with Gasteiger partial charge in [-0.25, -0.2) is 9.78 Å². The van der Waals surface area contributed by atoms with Crippen molar-refractivity contribution in [3.05, 3.63) is 36.2 Å². The molecule has 0 amide bonds. The molecule has 0 unspecified atom stereocenters. The molecule has 5 nitrogen and oxygen atoms in total. The molecule has 17 heavy (non-hydrogen) atoms. The van der Waals surface area contributed by atoms with Gasteiger partial charge in [0.2, 0.25) is 0 Å². The summed E-state index contributed by atoms with van der Waals surface area (Å²) in [5.41, 5.74) is 0.556. The molecule has 5 heteroatoms. The number of aromatic nitrogens is 2. The molecule has 1 heterocycles. The van der Waals surface area contributed by atoms with E-state index in [0.717, 1.165) is 6.54 Å². The number of carboxylic acids is 1. The lowest BCUT2D eigenvalue weighted by Gasteiger charge is -2.06. The fourth-order valence-electron chi connectivity index (χ4n) is 1.67. The Balaban J connectivity index is 2.54. The third-order valence-electron chi connectivity index (χ3n) is 2.54. The van der Waals surface area contributed by atoms with Gasteiger partial charge in [-0.1, -0.05) is 0 Å². The van der Waals surface area contributed by atoms with E-state index < -0.39 is 5.97 Å².